The van der Waals surface area contributed by atoms with E-state index < -0.39 is 29.9 Å². The molecule has 3 heterocycles. The van der Waals surface area contributed by atoms with Crippen molar-refractivity contribution in [2.45, 2.75) is 58.9 Å². The van der Waals surface area contributed by atoms with Gasteiger partial charge in [0.15, 0.2) is 5.82 Å². The van der Waals surface area contributed by atoms with Gasteiger partial charge in [-0.1, -0.05) is 24.3 Å². The van der Waals surface area contributed by atoms with E-state index in [-0.39, 0.29) is 11.8 Å². The first-order valence-electron chi connectivity index (χ1n) is 11.9. The number of likely N-dealkylation sites (tertiary alicyclic amines) is 1. The van der Waals surface area contributed by atoms with Gasteiger partial charge in [-0.05, 0) is 57.7 Å². The van der Waals surface area contributed by atoms with Crippen molar-refractivity contribution in [2.75, 3.05) is 4.90 Å². The lowest BCUT2D eigenvalue weighted by Crippen LogP contribution is -2.39. The molecule has 0 radical (unpaired) electrons. The fraction of sp³-hybridized carbons (Fsp3) is 0.370. The molecule has 0 saturated carbocycles. The maximum atomic E-state index is 13.6. The molecule has 9 nitrogen and oxygen atoms in total. The second kappa shape index (κ2) is 8.58. The Morgan fingerprint density at radius 2 is 1.86 bits per heavy atom. The molecule has 0 N–H and O–H groups in total. The van der Waals surface area contributed by atoms with Crippen molar-refractivity contribution in [3.8, 4) is 0 Å². The van der Waals surface area contributed by atoms with Crippen LogP contribution in [0.4, 0.5) is 10.6 Å². The summed E-state index contributed by atoms with van der Waals surface area (Å²) in [6.45, 7) is 8.83. The molecule has 0 bridgehead atoms. The van der Waals surface area contributed by atoms with E-state index in [0.29, 0.717) is 29.0 Å². The van der Waals surface area contributed by atoms with Crippen LogP contribution in [0.1, 0.15) is 51.8 Å². The molecular weight excluding hydrogens is 460 g/mol. The number of fused-ring (bicyclic) bond motifs is 3. The van der Waals surface area contributed by atoms with Gasteiger partial charge in [0.2, 0.25) is 6.23 Å². The minimum Gasteiger partial charge on any atom is -0.473 e. The minimum absolute atomic E-state index is 0.240. The summed E-state index contributed by atoms with van der Waals surface area (Å²) in [6, 6.07) is 7.32. The molecule has 3 aliphatic rings. The maximum Gasteiger partial charge on any atom is 0.417 e. The molecule has 2 aliphatic heterocycles. The predicted octanol–water partition coefficient (Wildman–Crippen LogP) is 4.08. The van der Waals surface area contributed by atoms with Crippen LogP contribution >= 0.6 is 0 Å². The second-order valence-electron chi connectivity index (χ2n) is 10.2. The van der Waals surface area contributed by atoms with Gasteiger partial charge in [0.25, 0.3) is 11.8 Å². The molecule has 3 amide bonds. The number of carbonyl (C=O) groups is 3. The Bertz CT molecular complexity index is 1310. The molecule has 36 heavy (non-hydrogen) atoms. The minimum atomic E-state index is -0.785. The van der Waals surface area contributed by atoms with Crippen molar-refractivity contribution < 1.29 is 23.9 Å². The zero-order chi connectivity index (χ0) is 25.8. The van der Waals surface area contributed by atoms with E-state index in [9.17, 15) is 14.4 Å². The summed E-state index contributed by atoms with van der Waals surface area (Å²) in [4.78, 5) is 50.6. The van der Waals surface area contributed by atoms with E-state index in [4.69, 9.17) is 9.47 Å². The number of carbonyl (C=O) groups excluding carboxylic acids is 3. The SMILES string of the molecule is CC1=C(C)C(OC=C2C(=O)N(C(=O)OC(C)(C)C)C3c4ccccc4CC23)N(c2cnccn2)C1=O. The number of ether oxygens (including phenoxy) is 2. The van der Waals surface area contributed by atoms with Crippen LogP contribution in [0, 0.1) is 5.92 Å². The molecule has 0 spiro atoms. The number of nitrogens with zero attached hydrogens (tertiary/aromatic N) is 4. The number of hydrogen-bond acceptors (Lipinski definition) is 7. The third-order valence-corrected chi connectivity index (χ3v) is 6.78. The van der Waals surface area contributed by atoms with Gasteiger partial charge >= 0.3 is 6.09 Å². The molecule has 1 aliphatic carbocycles. The van der Waals surface area contributed by atoms with Crippen LogP contribution in [0.25, 0.3) is 0 Å². The van der Waals surface area contributed by atoms with E-state index in [1.165, 1.54) is 34.7 Å². The van der Waals surface area contributed by atoms with Crippen molar-refractivity contribution in [3.05, 3.63) is 77.0 Å². The van der Waals surface area contributed by atoms with Crippen LogP contribution in [-0.2, 0) is 25.5 Å². The van der Waals surface area contributed by atoms with E-state index in [1.54, 1.807) is 27.7 Å². The van der Waals surface area contributed by atoms with Gasteiger partial charge < -0.3 is 9.47 Å². The van der Waals surface area contributed by atoms with Gasteiger partial charge in [0.1, 0.15) is 5.60 Å². The highest BCUT2D eigenvalue weighted by atomic mass is 16.6. The third kappa shape index (κ3) is 3.84. The molecular formula is C27H28N4O5. The topological polar surface area (TPSA) is 102 Å². The van der Waals surface area contributed by atoms with Gasteiger partial charge in [0, 0.05) is 23.9 Å². The van der Waals surface area contributed by atoms with Crippen LogP contribution in [0.3, 0.4) is 0 Å². The molecule has 1 saturated heterocycles. The number of hydrogen-bond donors (Lipinski definition) is 0. The number of aromatic nitrogens is 2. The zero-order valence-electron chi connectivity index (χ0n) is 20.9. The summed E-state index contributed by atoms with van der Waals surface area (Å²) in [6.07, 6.45) is 5.03. The van der Waals surface area contributed by atoms with Gasteiger partial charge in [-0.15, -0.1) is 0 Å². The average molecular weight is 489 g/mol. The molecule has 186 valence electrons. The van der Waals surface area contributed by atoms with Crippen molar-refractivity contribution in [2.24, 2.45) is 5.92 Å². The van der Waals surface area contributed by atoms with Crippen molar-refractivity contribution in [1.82, 2.24) is 14.9 Å². The summed E-state index contributed by atoms with van der Waals surface area (Å²) in [5.74, 6) is -0.630. The summed E-state index contributed by atoms with van der Waals surface area (Å²) in [7, 11) is 0. The maximum absolute atomic E-state index is 13.6. The first-order valence-corrected chi connectivity index (χ1v) is 11.9. The quantitative estimate of drug-likeness (QED) is 0.474. The van der Waals surface area contributed by atoms with E-state index in [1.807, 2.05) is 31.2 Å². The Hall–Kier alpha value is -4.01. The fourth-order valence-electron chi connectivity index (χ4n) is 5.02. The first-order chi connectivity index (χ1) is 17.1. The molecule has 1 fully saturated rings. The van der Waals surface area contributed by atoms with Crippen LogP contribution in [0.5, 0.6) is 0 Å². The van der Waals surface area contributed by atoms with E-state index in [0.717, 1.165) is 11.1 Å². The molecule has 1 aromatic heterocycles. The summed E-state index contributed by atoms with van der Waals surface area (Å²) < 4.78 is 11.7. The Morgan fingerprint density at radius 3 is 2.56 bits per heavy atom. The monoisotopic (exact) mass is 488 g/mol. The number of anilines is 1. The van der Waals surface area contributed by atoms with Gasteiger partial charge in [-0.25, -0.2) is 14.7 Å². The van der Waals surface area contributed by atoms with E-state index in [2.05, 4.69) is 9.97 Å². The molecule has 9 heteroatoms. The van der Waals surface area contributed by atoms with Crippen LogP contribution < -0.4 is 4.90 Å². The summed E-state index contributed by atoms with van der Waals surface area (Å²) >= 11 is 0. The normalized spacial score (nSPS) is 24.5. The average Bonchev–Trinajstić information content (AvgIpc) is 3.40. The number of amides is 3. The van der Waals surface area contributed by atoms with Crippen molar-refractivity contribution in [1.29, 1.82) is 0 Å². The van der Waals surface area contributed by atoms with Crippen molar-refractivity contribution >= 4 is 23.7 Å². The summed E-state index contributed by atoms with van der Waals surface area (Å²) in [5.41, 5.74) is 2.87. The molecule has 3 atom stereocenters. The number of rotatable bonds is 3. The van der Waals surface area contributed by atoms with Crippen LogP contribution in [-0.4, -0.2) is 44.6 Å². The lowest BCUT2D eigenvalue weighted by Gasteiger charge is -2.27. The predicted molar refractivity (Wildman–Crippen MR) is 130 cm³/mol. The highest BCUT2D eigenvalue weighted by molar-refractivity contribution is 6.09. The molecule has 5 rings (SSSR count). The number of benzene rings is 1. The molecule has 1 aromatic carbocycles. The Kier molecular flexibility index (Phi) is 5.65. The second-order valence-corrected chi connectivity index (χ2v) is 10.2. The Labute approximate surface area is 209 Å². The van der Waals surface area contributed by atoms with Gasteiger partial charge in [0.05, 0.1) is 24.1 Å². The standard InChI is InChI=1S/C27H28N4O5/c1-15-16(2)25(30(23(15)32)21-13-28-10-11-29-21)35-14-20-19-12-17-8-6-7-9-18(17)22(19)31(24(20)33)26(34)36-27(3,4)5/h6-11,13-14,19,22,25H,12H2,1-5H3. The lowest BCUT2D eigenvalue weighted by molar-refractivity contribution is -0.125. The van der Waals surface area contributed by atoms with Crippen LogP contribution in [0.2, 0.25) is 0 Å². The lowest BCUT2D eigenvalue weighted by atomic mass is 9.97. The zero-order valence-corrected chi connectivity index (χ0v) is 20.9. The first kappa shape index (κ1) is 23.7. The van der Waals surface area contributed by atoms with Crippen LogP contribution in [0.15, 0.2) is 65.8 Å². The number of imide groups is 1. The molecule has 2 aromatic rings. The van der Waals surface area contributed by atoms with E-state index >= 15 is 0 Å². The van der Waals surface area contributed by atoms with Gasteiger partial charge in [-0.3, -0.25) is 19.5 Å². The summed E-state index contributed by atoms with van der Waals surface area (Å²) in [5, 5.41) is 0. The largest absolute Gasteiger partial charge is 0.473 e. The third-order valence-electron chi connectivity index (χ3n) is 6.78. The highest BCUT2D eigenvalue weighted by Crippen LogP contribution is 2.50. The Morgan fingerprint density at radius 1 is 1.11 bits per heavy atom. The van der Waals surface area contributed by atoms with Crippen molar-refractivity contribution in [3.63, 3.8) is 0 Å². The molecule has 3 unspecified atom stereocenters. The smallest absolute Gasteiger partial charge is 0.417 e. The Balaban J connectivity index is 1.50. The highest BCUT2D eigenvalue weighted by Gasteiger charge is 2.53. The fourth-order valence-corrected chi connectivity index (χ4v) is 5.02. The van der Waals surface area contributed by atoms with Gasteiger partial charge in [-0.2, -0.15) is 0 Å².